The minimum absolute atomic E-state index is 0.0217. The molecule has 0 atom stereocenters. The van der Waals surface area contributed by atoms with E-state index in [4.69, 9.17) is 14.2 Å². The third-order valence-corrected chi connectivity index (χ3v) is 5.27. The highest BCUT2D eigenvalue weighted by atomic mass is 16.5. The molecule has 0 bridgehead atoms. The summed E-state index contributed by atoms with van der Waals surface area (Å²) >= 11 is 0. The number of hydrogen-bond acceptors (Lipinski definition) is 5. The zero-order valence-corrected chi connectivity index (χ0v) is 18.9. The van der Waals surface area contributed by atoms with Gasteiger partial charge in [0.2, 0.25) is 5.88 Å². The van der Waals surface area contributed by atoms with E-state index in [0.717, 1.165) is 11.1 Å². The van der Waals surface area contributed by atoms with E-state index >= 15 is 0 Å². The summed E-state index contributed by atoms with van der Waals surface area (Å²) < 4.78 is 18.2. The molecule has 0 unspecified atom stereocenters. The number of carboxylic acid groups (broad SMARTS) is 2. The lowest BCUT2D eigenvalue weighted by Gasteiger charge is -2.13. The van der Waals surface area contributed by atoms with Crippen LogP contribution in [0.4, 0.5) is 0 Å². The summed E-state index contributed by atoms with van der Waals surface area (Å²) in [6.45, 7) is 0.00459. The molecule has 178 valence electrons. The number of benzene rings is 3. The monoisotopic (exact) mass is 473 g/mol. The molecule has 8 heteroatoms. The van der Waals surface area contributed by atoms with Crippen LogP contribution in [0.3, 0.4) is 0 Å². The molecule has 2 N–H and O–H groups in total. The Morgan fingerprint density at radius 1 is 0.743 bits per heavy atom. The van der Waals surface area contributed by atoms with Gasteiger partial charge in [-0.25, -0.2) is 9.59 Å². The second-order valence-corrected chi connectivity index (χ2v) is 7.55. The fraction of sp³-hybridized carbons (Fsp3) is 0.111. The third kappa shape index (κ3) is 5.11. The molecule has 0 aliphatic rings. The van der Waals surface area contributed by atoms with Gasteiger partial charge in [0.15, 0.2) is 17.0 Å². The van der Waals surface area contributed by atoms with Crippen molar-refractivity contribution in [2.45, 2.75) is 13.2 Å². The summed E-state index contributed by atoms with van der Waals surface area (Å²) in [5, 5.41) is 20.2. The van der Waals surface area contributed by atoms with Crippen molar-refractivity contribution in [3.05, 3.63) is 107 Å². The largest absolute Gasteiger partial charge is 0.497 e. The lowest BCUT2D eigenvalue weighted by Crippen LogP contribution is -2.10. The summed E-state index contributed by atoms with van der Waals surface area (Å²) in [6, 6.07) is 24.7. The first-order valence-corrected chi connectivity index (χ1v) is 10.7. The minimum Gasteiger partial charge on any atom is -0.497 e. The van der Waals surface area contributed by atoms with Crippen molar-refractivity contribution in [1.82, 2.24) is 4.57 Å². The van der Waals surface area contributed by atoms with Crippen molar-refractivity contribution in [1.29, 1.82) is 0 Å². The first-order chi connectivity index (χ1) is 17.0. The molecular weight excluding hydrogens is 450 g/mol. The van der Waals surface area contributed by atoms with Gasteiger partial charge in [-0.1, -0.05) is 60.7 Å². The Morgan fingerprint density at radius 3 is 1.77 bits per heavy atom. The number of methoxy groups -OCH3 is 1. The quantitative estimate of drug-likeness (QED) is 0.332. The lowest BCUT2D eigenvalue weighted by atomic mass is 10.2. The molecule has 0 saturated carbocycles. The molecule has 1 aromatic heterocycles. The van der Waals surface area contributed by atoms with Gasteiger partial charge in [0.1, 0.15) is 19.0 Å². The van der Waals surface area contributed by atoms with Gasteiger partial charge < -0.3 is 24.4 Å². The van der Waals surface area contributed by atoms with Gasteiger partial charge in [-0.15, -0.1) is 0 Å². The van der Waals surface area contributed by atoms with Crippen LogP contribution in [0, 0.1) is 0 Å². The van der Waals surface area contributed by atoms with Gasteiger partial charge in [-0.2, -0.15) is 0 Å². The molecule has 8 nitrogen and oxygen atoms in total. The molecule has 3 aromatic carbocycles. The number of rotatable bonds is 10. The van der Waals surface area contributed by atoms with E-state index in [1.54, 1.807) is 36.4 Å². The van der Waals surface area contributed by atoms with E-state index in [-0.39, 0.29) is 36.1 Å². The predicted molar refractivity (Wildman–Crippen MR) is 128 cm³/mol. The van der Waals surface area contributed by atoms with Gasteiger partial charge in [-0.3, -0.25) is 4.57 Å². The topological polar surface area (TPSA) is 107 Å². The summed E-state index contributed by atoms with van der Waals surface area (Å²) in [6.07, 6.45) is 0. The SMILES string of the molecule is COc1ccc(-n2c(OCc3ccccc3)c(C(=O)O)c(OCc3ccccc3)c2C(=O)O)cc1. The smallest absolute Gasteiger partial charge is 0.356 e. The Hall–Kier alpha value is -4.72. The van der Waals surface area contributed by atoms with Crippen molar-refractivity contribution in [3.63, 3.8) is 0 Å². The normalized spacial score (nSPS) is 10.5. The number of nitrogens with zero attached hydrogens (tertiary/aromatic N) is 1. The van der Waals surface area contributed by atoms with E-state index < -0.39 is 11.9 Å². The fourth-order valence-electron chi connectivity index (χ4n) is 3.62. The van der Waals surface area contributed by atoms with Crippen LogP contribution >= 0.6 is 0 Å². The molecule has 0 aliphatic carbocycles. The average molecular weight is 473 g/mol. The minimum atomic E-state index is -1.37. The fourth-order valence-corrected chi connectivity index (χ4v) is 3.62. The molecule has 1 heterocycles. The van der Waals surface area contributed by atoms with Crippen LogP contribution in [-0.2, 0) is 13.2 Å². The van der Waals surface area contributed by atoms with Gasteiger partial charge in [0.05, 0.1) is 7.11 Å². The van der Waals surface area contributed by atoms with Crippen LogP contribution in [0.25, 0.3) is 5.69 Å². The highest BCUT2D eigenvalue weighted by Gasteiger charge is 2.34. The lowest BCUT2D eigenvalue weighted by molar-refractivity contribution is 0.0679. The Balaban J connectivity index is 1.87. The Labute approximate surface area is 201 Å². The maximum Gasteiger partial charge on any atom is 0.356 e. The highest BCUT2D eigenvalue weighted by Crippen LogP contribution is 2.40. The van der Waals surface area contributed by atoms with Gasteiger partial charge in [0.25, 0.3) is 0 Å². The summed E-state index contributed by atoms with van der Waals surface area (Å²) in [4.78, 5) is 24.8. The van der Waals surface area contributed by atoms with Crippen molar-refractivity contribution < 1.29 is 34.0 Å². The summed E-state index contributed by atoms with van der Waals surface area (Å²) in [5.74, 6) is -2.60. The number of carbonyl (C=O) groups is 2. The predicted octanol–water partition coefficient (Wildman–Crippen LogP) is 5.04. The van der Waals surface area contributed by atoms with Crippen molar-refractivity contribution in [2.24, 2.45) is 0 Å². The second-order valence-electron chi connectivity index (χ2n) is 7.55. The number of aromatic carboxylic acids is 2. The molecule has 0 saturated heterocycles. The van der Waals surface area contributed by atoms with E-state index in [0.29, 0.717) is 11.4 Å². The molecule has 4 rings (SSSR count). The third-order valence-electron chi connectivity index (χ3n) is 5.27. The van der Waals surface area contributed by atoms with Crippen molar-refractivity contribution in [2.75, 3.05) is 7.11 Å². The Morgan fingerprint density at radius 2 is 1.29 bits per heavy atom. The van der Waals surface area contributed by atoms with Crippen LogP contribution in [0.15, 0.2) is 84.9 Å². The van der Waals surface area contributed by atoms with Crippen LogP contribution in [0.5, 0.6) is 17.4 Å². The number of carboxylic acids is 2. The van der Waals surface area contributed by atoms with E-state index in [1.165, 1.54) is 11.7 Å². The summed E-state index contributed by atoms with van der Waals surface area (Å²) in [7, 11) is 1.51. The van der Waals surface area contributed by atoms with Gasteiger partial charge in [-0.05, 0) is 35.4 Å². The first kappa shape index (κ1) is 23.4. The molecule has 0 fully saturated rings. The highest BCUT2D eigenvalue weighted by molar-refractivity contribution is 6.01. The van der Waals surface area contributed by atoms with Gasteiger partial charge in [0, 0.05) is 5.69 Å². The van der Waals surface area contributed by atoms with Gasteiger partial charge >= 0.3 is 11.9 Å². The van der Waals surface area contributed by atoms with E-state index in [2.05, 4.69) is 0 Å². The number of hydrogen-bond donors (Lipinski definition) is 2. The zero-order chi connectivity index (χ0) is 24.8. The molecule has 0 radical (unpaired) electrons. The second kappa shape index (κ2) is 10.5. The Kier molecular flexibility index (Phi) is 7.02. The standard InChI is InChI=1S/C27H23NO7/c1-33-21-14-12-20(13-15-21)28-23(27(31)32)24(34-16-18-8-4-2-5-9-18)22(26(29)30)25(28)35-17-19-10-6-3-7-11-19/h2-15H,16-17H2,1H3,(H,29,30)(H,31,32). The van der Waals surface area contributed by atoms with E-state index in [9.17, 15) is 19.8 Å². The van der Waals surface area contributed by atoms with E-state index in [1.807, 2.05) is 48.5 Å². The number of aromatic nitrogens is 1. The van der Waals surface area contributed by atoms with Crippen LogP contribution < -0.4 is 14.2 Å². The molecule has 0 aliphatic heterocycles. The molecule has 0 spiro atoms. The molecule has 35 heavy (non-hydrogen) atoms. The van der Waals surface area contributed by atoms with Crippen LogP contribution in [0.1, 0.15) is 32.0 Å². The molecular formula is C27H23NO7. The first-order valence-electron chi connectivity index (χ1n) is 10.7. The average Bonchev–Trinajstić information content (AvgIpc) is 3.22. The van der Waals surface area contributed by atoms with Crippen molar-refractivity contribution in [3.8, 4) is 23.1 Å². The molecule has 4 aromatic rings. The zero-order valence-electron chi connectivity index (χ0n) is 18.9. The number of ether oxygens (including phenoxy) is 3. The maximum absolute atomic E-state index is 12.4. The van der Waals surface area contributed by atoms with Crippen LogP contribution in [-0.4, -0.2) is 33.8 Å². The van der Waals surface area contributed by atoms with Crippen molar-refractivity contribution >= 4 is 11.9 Å². The van der Waals surface area contributed by atoms with Crippen LogP contribution in [0.2, 0.25) is 0 Å². The molecule has 0 amide bonds. The Bertz CT molecular complexity index is 1310. The maximum atomic E-state index is 12.4. The summed E-state index contributed by atoms with van der Waals surface area (Å²) in [5.41, 5.74) is 1.19.